The second-order valence-electron chi connectivity index (χ2n) is 4.80. The highest BCUT2D eigenvalue weighted by Crippen LogP contribution is 2.19. The summed E-state index contributed by atoms with van der Waals surface area (Å²) >= 11 is 0. The first kappa shape index (κ1) is 12.6. The average Bonchev–Trinajstić information content (AvgIpc) is 2.65. The number of hydrogen-bond acceptors (Lipinski definition) is 5. The highest BCUT2D eigenvalue weighted by molar-refractivity contribution is 5.76. The number of aromatic nitrogens is 2. The number of rotatable bonds is 4. The molecule has 6 heteroatoms. The Bertz CT molecular complexity index is 329. The maximum Gasteiger partial charge on any atom is 0.221 e. The van der Waals surface area contributed by atoms with Gasteiger partial charge in [0.1, 0.15) is 0 Å². The second kappa shape index (κ2) is 5.07. The molecule has 0 saturated carbocycles. The zero-order chi connectivity index (χ0) is 12.2. The summed E-state index contributed by atoms with van der Waals surface area (Å²) in [5.74, 6) is 0.352. The Kier molecular flexibility index (Phi) is 4.00. The van der Waals surface area contributed by atoms with Gasteiger partial charge in [-0.25, -0.2) is 0 Å². The maximum atomic E-state index is 11.5. The lowest BCUT2D eigenvalue weighted by Crippen LogP contribution is -2.40. The molecule has 0 aliphatic rings. The molecule has 6 nitrogen and oxygen atoms in total. The molecule has 0 aromatic carbocycles. The average molecular weight is 226 g/mol. The van der Waals surface area contributed by atoms with Crippen LogP contribution in [0.2, 0.25) is 0 Å². The minimum Gasteiger partial charge on any atom is -0.349 e. The van der Waals surface area contributed by atoms with Crippen LogP contribution >= 0.6 is 0 Å². The van der Waals surface area contributed by atoms with Gasteiger partial charge in [0.05, 0.1) is 6.54 Å². The van der Waals surface area contributed by atoms with Crippen molar-refractivity contribution in [2.75, 3.05) is 0 Å². The Hall–Kier alpha value is -1.43. The molecule has 0 fully saturated rings. The summed E-state index contributed by atoms with van der Waals surface area (Å²) in [4.78, 5) is 15.3. The van der Waals surface area contributed by atoms with E-state index in [1.54, 1.807) is 0 Å². The molecule has 16 heavy (non-hydrogen) atoms. The van der Waals surface area contributed by atoms with Gasteiger partial charge in [0.15, 0.2) is 5.82 Å². The predicted octanol–water partition coefficient (Wildman–Crippen LogP) is 0.449. The van der Waals surface area contributed by atoms with Gasteiger partial charge in [-0.1, -0.05) is 25.9 Å². The van der Waals surface area contributed by atoms with E-state index in [-0.39, 0.29) is 23.9 Å². The van der Waals surface area contributed by atoms with Crippen molar-refractivity contribution in [3.05, 3.63) is 12.2 Å². The van der Waals surface area contributed by atoms with Crippen LogP contribution in [0, 0.1) is 5.41 Å². The van der Waals surface area contributed by atoms with Crippen LogP contribution in [-0.2, 0) is 11.3 Å². The van der Waals surface area contributed by atoms with Crippen molar-refractivity contribution in [3.8, 4) is 0 Å². The molecule has 1 atom stereocenters. The fourth-order valence-corrected chi connectivity index (χ4v) is 1.03. The Balaban J connectivity index is 2.31. The standard InChI is InChI=1S/C10H18N4O2/c1-10(2,3)7(11)4-9(15)12-5-8-13-6-16-14-8/h6-7H,4-5,11H2,1-3H3,(H,12,15). The Labute approximate surface area is 94.6 Å². The Morgan fingerprint density at radius 2 is 2.31 bits per heavy atom. The lowest BCUT2D eigenvalue weighted by Gasteiger charge is -2.26. The molecule has 1 aromatic rings. The van der Waals surface area contributed by atoms with Crippen LogP contribution in [0.15, 0.2) is 10.9 Å². The highest BCUT2D eigenvalue weighted by atomic mass is 16.5. The minimum absolute atomic E-state index is 0.0799. The topological polar surface area (TPSA) is 94.0 Å². The van der Waals surface area contributed by atoms with E-state index < -0.39 is 0 Å². The molecular formula is C10H18N4O2. The summed E-state index contributed by atoms with van der Waals surface area (Å²) < 4.78 is 4.55. The van der Waals surface area contributed by atoms with E-state index in [4.69, 9.17) is 5.73 Å². The SMILES string of the molecule is CC(C)(C)C(N)CC(=O)NCc1ncon1. The molecule has 0 aliphatic heterocycles. The van der Waals surface area contributed by atoms with Crippen LogP contribution in [0.5, 0.6) is 0 Å². The van der Waals surface area contributed by atoms with Gasteiger partial charge >= 0.3 is 0 Å². The van der Waals surface area contributed by atoms with Crippen LogP contribution in [0.3, 0.4) is 0 Å². The van der Waals surface area contributed by atoms with E-state index in [0.717, 1.165) is 0 Å². The normalized spacial score (nSPS) is 13.5. The third-order valence-electron chi connectivity index (χ3n) is 2.37. The zero-order valence-corrected chi connectivity index (χ0v) is 9.86. The number of nitrogens with two attached hydrogens (primary N) is 1. The highest BCUT2D eigenvalue weighted by Gasteiger charge is 2.23. The summed E-state index contributed by atoms with van der Waals surface area (Å²) in [6, 6.07) is -0.169. The van der Waals surface area contributed by atoms with E-state index in [2.05, 4.69) is 20.0 Å². The number of nitrogens with one attached hydrogen (secondary N) is 1. The van der Waals surface area contributed by atoms with Crippen LogP contribution < -0.4 is 11.1 Å². The summed E-state index contributed by atoms with van der Waals surface area (Å²) in [5.41, 5.74) is 5.81. The predicted molar refractivity (Wildman–Crippen MR) is 58.2 cm³/mol. The van der Waals surface area contributed by atoms with Crippen LogP contribution in [0.4, 0.5) is 0 Å². The van der Waals surface area contributed by atoms with Crippen molar-refractivity contribution >= 4 is 5.91 Å². The van der Waals surface area contributed by atoms with Gasteiger partial charge in [-0.3, -0.25) is 4.79 Å². The van der Waals surface area contributed by atoms with Gasteiger partial charge in [-0.15, -0.1) is 0 Å². The quantitative estimate of drug-likeness (QED) is 0.777. The van der Waals surface area contributed by atoms with Crippen LogP contribution in [-0.4, -0.2) is 22.1 Å². The number of carbonyl (C=O) groups excluding carboxylic acids is 1. The van der Waals surface area contributed by atoms with E-state index in [1.807, 2.05) is 20.8 Å². The first-order chi connectivity index (χ1) is 7.39. The van der Waals surface area contributed by atoms with Gasteiger partial charge in [0, 0.05) is 12.5 Å². The largest absolute Gasteiger partial charge is 0.349 e. The second-order valence-corrected chi connectivity index (χ2v) is 4.80. The van der Waals surface area contributed by atoms with Crippen molar-refractivity contribution in [1.82, 2.24) is 15.5 Å². The third-order valence-corrected chi connectivity index (χ3v) is 2.37. The maximum absolute atomic E-state index is 11.5. The van der Waals surface area contributed by atoms with Gasteiger partial charge in [0.25, 0.3) is 0 Å². The first-order valence-electron chi connectivity index (χ1n) is 5.17. The monoisotopic (exact) mass is 226 g/mol. The molecule has 0 aliphatic carbocycles. The van der Waals surface area contributed by atoms with E-state index in [1.165, 1.54) is 6.39 Å². The van der Waals surface area contributed by atoms with Crippen LogP contribution in [0.25, 0.3) is 0 Å². The van der Waals surface area contributed by atoms with Crippen molar-refractivity contribution in [1.29, 1.82) is 0 Å². The van der Waals surface area contributed by atoms with E-state index in [0.29, 0.717) is 12.2 Å². The summed E-state index contributed by atoms with van der Waals surface area (Å²) in [6.07, 6.45) is 1.52. The number of hydrogen-bond donors (Lipinski definition) is 2. The number of nitrogens with zero attached hydrogens (tertiary/aromatic N) is 2. The summed E-state index contributed by atoms with van der Waals surface area (Å²) in [5, 5.41) is 6.27. The minimum atomic E-state index is -0.169. The molecule has 0 spiro atoms. The molecule has 1 aromatic heterocycles. The molecular weight excluding hydrogens is 208 g/mol. The molecule has 1 unspecified atom stereocenters. The molecule has 0 radical (unpaired) electrons. The fourth-order valence-electron chi connectivity index (χ4n) is 1.03. The fraction of sp³-hybridized carbons (Fsp3) is 0.700. The van der Waals surface area contributed by atoms with Gasteiger partial charge in [-0.05, 0) is 5.41 Å². The smallest absolute Gasteiger partial charge is 0.221 e. The van der Waals surface area contributed by atoms with E-state index >= 15 is 0 Å². The van der Waals surface area contributed by atoms with Gasteiger partial charge < -0.3 is 15.6 Å². The van der Waals surface area contributed by atoms with Crippen molar-refractivity contribution in [2.24, 2.45) is 11.1 Å². The molecule has 1 rings (SSSR count). The summed E-state index contributed by atoms with van der Waals surface area (Å²) in [7, 11) is 0. The molecule has 90 valence electrons. The summed E-state index contributed by atoms with van der Waals surface area (Å²) in [6.45, 7) is 6.28. The molecule has 1 amide bonds. The number of carbonyl (C=O) groups is 1. The van der Waals surface area contributed by atoms with Crippen molar-refractivity contribution in [3.63, 3.8) is 0 Å². The zero-order valence-electron chi connectivity index (χ0n) is 9.86. The molecule has 1 heterocycles. The first-order valence-corrected chi connectivity index (χ1v) is 5.17. The van der Waals surface area contributed by atoms with Gasteiger partial charge in [0.2, 0.25) is 12.3 Å². The van der Waals surface area contributed by atoms with Crippen molar-refractivity contribution in [2.45, 2.75) is 39.8 Å². The molecule has 3 N–H and O–H groups in total. The molecule has 0 saturated heterocycles. The molecule has 0 bridgehead atoms. The lowest BCUT2D eigenvalue weighted by molar-refractivity contribution is -0.122. The Morgan fingerprint density at radius 3 is 2.81 bits per heavy atom. The Morgan fingerprint density at radius 1 is 1.62 bits per heavy atom. The van der Waals surface area contributed by atoms with E-state index in [9.17, 15) is 4.79 Å². The lowest BCUT2D eigenvalue weighted by atomic mass is 9.85. The third kappa shape index (κ3) is 3.98. The number of amides is 1. The van der Waals surface area contributed by atoms with Crippen molar-refractivity contribution < 1.29 is 9.32 Å². The van der Waals surface area contributed by atoms with Crippen LogP contribution in [0.1, 0.15) is 33.0 Å². The van der Waals surface area contributed by atoms with Gasteiger partial charge in [-0.2, -0.15) is 4.98 Å².